The molecule has 0 spiro atoms. The van der Waals surface area contributed by atoms with Crippen LogP contribution in [0.15, 0.2) is 35.8 Å². The molecule has 1 atom stereocenters. The summed E-state index contributed by atoms with van der Waals surface area (Å²) < 4.78 is 0. The minimum absolute atomic E-state index is 0.0431. The fraction of sp³-hybridized carbons (Fsp3) is 0.214. The number of nitrogens with one attached hydrogen (secondary N) is 1. The average Bonchev–Trinajstić information content (AvgIpc) is 3.17. The number of amides is 2. The van der Waals surface area contributed by atoms with E-state index in [0.29, 0.717) is 10.8 Å². The van der Waals surface area contributed by atoms with Crippen molar-refractivity contribution in [2.45, 2.75) is 6.42 Å². The summed E-state index contributed by atoms with van der Waals surface area (Å²) in [6.45, 7) is 0.244. The van der Waals surface area contributed by atoms with E-state index in [0.717, 1.165) is 0 Å². The van der Waals surface area contributed by atoms with E-state index in [-0.39, 0.29) is 30.5 Å². The molecule has 0 saturated carbocycles. The molecule has 8 nitrogen and oxygen atoms in total. The lowest BCUT2D eigenvalue weighted by Gasteiger charge is -2.16. The second-order valence-electron chi connectivity index (χ2n) is 5.01. The van der Waals surface area contributed by atoms with Gasteiger partial charge in [-0.1, -0.05) is 0 Å². The molecule has 1 fully saturated rings. The Labute approximate surface area is 134 Å². The van der Waals surface area contributed by atoms with Gasteiger partial charge in [0.15, 0.2) is 5.13 Å². The summed E-state index contributed by atoms with van der Waals surface area (Å²) in [5.41, 5.74) is 0.503. The molecule has 1 aromatic heterocycles. The molecule has 0 unspecified atom stereocenters. The summed E-state index contributed by atoms with van der Waals surface area (Å²) in [4.78, 5) is 39.9. The van der Waals surface area contributed by atoms with Gasteiger partial charge < -0.3 is 10.2 Å². The number of benzene rings is 1. The Hall–Kier alpha value is -2.81. The van der Waals surface area contributed by atoms with E-state index in [2.05, 4.69) is 10.3 Å². The summed E-state index contributed by atoms with van der Waals surface area (Å²) in [6, 6.07) is 5.70. The van der Waals surface area contributed by atoms with Crippen molar-refractivity contribution < 1.29 is 14.5 Å². The number of nitrogens with zero attached hydrogens (tertiary/aromatic N) is 3. The number of hydrogen-bond acceptors (Lipinski definition) is 6. The largest absolute Gasteiger partial charge is 0.312 e. The first-order valence-corrected chi connectivity index (χ1v) is 7.68. The van der Waals surface area contributed by atoms with Crippen LogP contribution in [-0.4, -0.2) is 28.3 Å². The van der Waals surface area contributed by atoms with Gasteiger partial charge in [-0.05, 0) is 12.1 Å². The van der Waals surface area contributed by atoms with Crippen LogP contribution in [0.1, 0.15) is 6.42 Å². The number of hydrogen-bond donors (Lipinski definition) is 1. The summed E-state index contributed by atoms with van der Waals surface area (Å²) in [5.74, 6) is -0.905. The van der Waals surface area contributed by atoms with Gasteiger partial charge in [-0.25, -0.2) is 4.98 Å². The van der Waals surface area contributed by atoms with Gasteiger partial charge in [-0.2, -0.15) is 0 Å². The molecular weight excluding hydrogens is 320 g/mol. The molecule has 23 heavy (non-hydrogen) atoms. The van der Waals surface area contributed by atoms with Crippen LogP contribution in [0.5, 0.6) is 0 Å². The molecule has 2 amide bonds. The van der Waals surface area contributed by atoms with Crippen LogP contribution >= 0.6 is 11.3 Å². The zero-order valence-corrected chi connectivity index (χ0v) is 12.7. The van der Waals surface area contributed by atoms with Gasteiger partial charge in [0.25, 0.3) is 5.69 Å². The molecule has 0 aliphatic carbocycles. The molecule has 2 aromatic rings. The van der Waals surface area contributed by atoms with Crippen molar-refractivity contribution in [2.75, 3.05) is 16.8 Å². The van der Waals surface area contributed by atoms with E-state index >= 15 is 0 Å². The smallest absolute Gasteiger partial charge is 0.269 e. The summed E-state index contributed by atoms with van der Waals surface area (Å²) in [6.07, 6.45) is 1.69. The molecule has 1 aliphatic rings. The fourth-order valence-electron chi connectivity index (χ4n) is 2.38. The maximum absolute atomic E-state index is 12.2. The van der Waals surface area contributed by atoms with Crippen molar-refractivity contribution in [1.29, 1.82) is 0 Å². The third-order valence-electron chi connectivity index (χ3n) is 3.53. The molecule has 1 aliphatic heterocycles. The first-order chi connectivity index (χ1) is 11.0. The van der Waals surface area contributed by atoms with Crippen LogP contribution in [0.2, 0.25) is 0 Å². The third-order valence-corrected chi connectivity index (χ3v) is 4.22. The second-order valence-corrected chi connectivity index (χ2v) is 5.90. The van der Waals surface area contributed by atoms with Crippen molar-refractivity contribution in [3.63, 3.8) is 0 Å². The molecule has 1 N–H and O–H groups in total. The number of carbonyl (C=O) groups is 2. The molecule has 0 bridgehead atoms. The predicted octanol–water partition coefficient (Wildman–Crippen LogP) is 2.04. The van der Waals surface area contributed by atoms with Crippen molar-refractivity contribution >= 4 is 39.7 Å². The highest BCUT2D eigenvalue weighted by atomic mass is 32.1. The Morgan fingerprint density at radius 3 is 2.74 bits per heavy atom. The lowest BCUT2D eigenvalue weighted by atomic mass is 10.1. The van der Waals surface area contributed by atoms with E-state index in [1.54, 1.807) is 11.6 Å². The van der Waals surface area contributed by atoms with Crippen LogP contribution in [0.4, 0.5) is 16.5 Å². The van der Waals surface area contributed by atoms with Gasteiger partial charge in [0.05, 0.1) is 10.8 Å². The Morgan fingerprint density at radius 2 is 2.13 bits per heavy atom. The van der Waals surface area contributed by atoms with Gasteiger partial charge in [-0.15, -0.1) is 11.3 Å². The van der Waals surface area contributed by atoms with Crippen LogP contribution in [-0.2, 0) is 9.59 Å². The molecule has 3 rings (SSSR count). The Kier molecular flexibility index (Phi) is 4.02. The lowest BCUT2D eigenvalue weighted by Crippen LogP contribution is -2.28. The summed E-state index contributed by atoms with van der Waals surface area (Å²) in [7, 11) is 0. The van der Waals surface area contributed by atoms with E-state index in [1.165, 1.54) is 40.5 Å². The SMILES string of the molecule is O=C(Nc1nccs1)[C@@H]1CC(=O)N(c2ccc([N+](=O)[O-])cc2)C1. The van der Waals surface area contributed by atoms with E-state index < -0.39 is 10.8 Å². The minimum Gasteiger partial charge on any atom is -0.312 e. The van der Waals surface area contributed by atoms with E-state index in [1.807, 2.05) is 0 Å². The average molecular weight is 332 g/mol. The molecule has 0 radical (unpaired) electrons. The Balaban J connectivity index is 1.69. The highest BCUT2D eigenvalue weighted by molar-refractivity contribution is 7.13. The molecule has 1 saturated heterocycles. The van der Waals surface area contributed by atoms with Gasteiger partial charge in [0.2, 0.25) is 11.8 Å². The van der Waals surface area contributed by atoms with Gasteiger partial charge >= 0.3 is 0 Å². The minimum atomic E-state index is -0.500. The van der Waals surface area contributed by atoms with Crippen LogP contribution in [0.3, 0.4) is 0 Å². The Morgan fingerprint density at radius 1 is 1.39 bits per heavy atom. The number of rotatable bonds is 4. The number of nitro groups is 1. The first kappa shape index (κ1) is 15.1. The van der Waals surface area contributed by atoms with Crippen LogP contribution in [0, 0.1) is 16.0 Å². The zero-order chi connectivity index (χ0) is 16.4. The standard InChI is InChI=1S/C14H12N4O4S/c19-12-7-9(13(20)16-14-15-5-6-23-14)8-17(12)10-1-3-11(4-2-10)18(21)22/h1-6,9H,7-8H2,(H,15,16,20)/t9-/m1/s1. The molecule has 118 valence electrons. The monoisotopic (exact) mass is 332 g/mol. The number of non-ortho nitro benzene ring substituents is 1. The molecule has 2 heterocycles. The topological polar surface area (TPSA) is 105 Å². The fourth-order valence-corrected chi connectivity index (χ4v) is 2.91. The normalized spacial score (nSPS) is 17.3. The number of nitro benzene ring substituents is 1. The van der Waals surface area contributed by atoms with Crippen molar-refractivity contribution in [3.8, 4) is 0 Å². The maximum atomic E-state index is 12.2. The highest BCUT2D eigenvalue weighted by Crippen LogP contribution is 2.27. The summed E-state index contributed by atoms with van der Waals surface area (Å²) >= 11 is 1.31. The van der Waals surface area contributed by atoms with Crippen molar-refractivity contribution in [2.24, 2.45) is 5.92 Å². The number of carbonyl (C=O) groups excluding carboxylic acids is 2. The van der Waals surface area contributed by atoms with E-state index in [4.69, 9.17) is 0 Å². The molecular formula is C14H12N4O4S. The molecule has 9 heteroatoms. The third kappa shape index (κ3) is 3.19. The maximum Gasteiger partial charge on any atom is 0.269 e. The van der Waals surface area contributed by atoms with Gasteiger partial charge in [0, 0.05) is 42.4 Å². The second kappa shape index (κ2) is 6.13. The van der Waals surface area contributed by atoms with Crippen molar-refractivity contribution in [3.05, 3.63) is 46.0 Å². The van der Waals surface area contributed by atoms with Gasteiger partial charge in [-0.3, -0.25) is 19.7 Å². The van der Waals surface area contributed by atoms with E-state index in [9.17, 15) is 19.7 Å². The Bertz CT molecular complexity index is 745. The highest BCUT2D eigenvalue weighted by Gasteiger charge is 2.35. The number of thiazole rings is 1. The molecule has 1 aromatic carbocycles. The predicted molar refractivity (Wildman–Crippen MR) is 84.3 cm³/mol. The van der Waals surface area contributed by atoms with Crippen LogP contribution < -0.4 is 10.2 Å². The zero-order valence-electron chi connectivity index (χ0n) is 11.8. The number of anilines is 2. The quantitative estimate of drug-likeness (QED) is 0.681. The summed E-state index contributed by atoms with van der Waals surface area (Å²) in [5, 5.41) is 15.6. The van der Waals surface area contributed by atoms with Crippen LogP contribution in [0.25, 0.3) is 0 Å². The number of aromatic nitrogens is 1. The lowest BCUT2D eigenvalue weighted by molar-refractivity contribution is -0.384. The van der Waals surface area contributed by atoms with Gasteiger partial charge in [0.1, 0.15) is 0 Å². The first-order valence-electron chi connectivity index (χ1n) is 6.80. The van der Waals surface area contributed by atoms with Crippen molar-refractivity contribution in [1.82, 2.24) is 4.98 Å².